The molecule has 0 saturated carbocycles. The summed E-state index contributed by atoms with van der Waals surface area (Å²) in [5.74, 6) is 0. The van der Waals surface area contributed by atoms with E-state index >= 15 is 0 Å². The molecule has 0 aliphatic carbocycles. The molecule has 0 fully saturated rings. The zero-order valence-electron chi connectivity index (χ0n) is 16.0. The molecule has 0 aromatic carbocycles. The summed E-state index contributed by atoms with van der Waals surface area (Å²) < 4.78 is 53.0. The van der Waals surface area contributed by atoms with Crippen LogP contribution in [0.15, 0.2) is 0 Å². The standard InChI is InChI=1S/C14H34F3NOSi3/c1-12(2,3)21(13(4,5)6,19-20(10,11)15)18-22(16,17)14(7,8)9/h18H,1-11H3. The number of nitrogens with one attached hydrogen (secondary N) is 1. The largest absolute Gasteiger partial charge is 0.505 e. The average Bonchev–Trinajstić information content (AvgIpc) is 2.07. The first-order chi connectivity index (χ1) is 9.16. The minimum Gasteiger partial charge on any atom is -0.420 e. The lowest BCUT2D eigenvalue weighted by Crippen LogP contribution is -2.75. The van der Waals surface area contributed by atoms with E-state index in [4.69, 9.17) is 4.12 Å². The number of rotatable bonds is 4. The third-order valence-electron chi connectivity index (χ3n) is 3.78. The fourth-order valence-corrected chi connectivity index (χ4v) is 17.1. The molecule has 0 aliphatic heterocycles. The molecule has 0 amide bonds. The van der Waals surface area contributed by atoms with Crippen LogP contribution in [-0.2, 0) is 4.12 Å². The molecule has 0 spiro atoms. The molecule has 2 nitrogen and oxygen atoms in total. The van der Waals surface area contributed by atoms with Crippen molar-refractivity contribution in [3.8, 4) is 0 Å². The van der Waals surface area contributed by atoms with Crippen LogP contribution in [0.4, 0.5) is 12.3 Å². The van der Waals surface area contributed by atoms with Crippen LogP contribution in [0.1, 0.15) is 62.3 Å². The van der Waals surface area contributed by atoms with Crippen molar-refractivity contribution in [2.75, 3.05) is 0 Å². The Morgan fingerprint density at radius 1 is 0.682 bits per heavy atom. The van der Waals surface area contributed by atoms with E-state index in [0.29, 0.717) is 0 Å². The van der Waals surface area contributed by atoms with Crippen LogP contribution >= 0.6 is 0 Å². The minimum atomic E-state index is -4.82. The van der Waals surface area contributed by atoms with Gasteiger partial charge in [0.25, 0.3) is 8.48 Å². The maximum absolute atomic E-state index is 14.9. The summed E-state index contributed by atoms with van der Waals surface area (Å²) in [6, 6.07) is 0. The lowest BCUT2D eigenvalue weighted by atomic mass is 10.2. The van der Waals surface area contributed by atoms with Gasteiger partial charge >= 0.3 is 17.6 Å². The Labute approximate surface area is 138 Å². The van der Waals surface area contributed by atoms with Crippen LogP contribution in [0, 0.1) is 0 Å². The molecule has 1 N–H and O–H groups in total. The average molecular weight is 374 g/mol. The van der Waals surface area contributed by atoms with Crippen molar-refractivity contribution in [2.45, 2.75) is 90.5 Å². The molecule has 0 bridgehead atoms. The second-order valence-electron chi connectivity index (χ2n) is 9.60. The smallest absolute Gasteiger partial charge is 0.420 e. The Kier molecular flexibility index (Phi) is 6.12. The van der Waals surface area contributed by atoms with Gasteiger partial charge in [0.05, 0.1) is 0 Å². The van der Waals surface area contributed by atoms with E-state index in [0.717, 1.165) is 0 Å². The predicted octanol–water partition coefficient (Wildman–Crippen LogP) is 5.98. The van der Waals surface area contributed by atoms with Crippen molar-refractivity contribution in [3.63, 3.8) is 0 Å². The molecule has 22 heavy (non-hydrogen) atoms. The van der Waals surface area contributed by atoms with Gasteiger partial charge in [-0.15, -0.1) is 0 Å². The molecule has 8 heteroatoms. The van der Waals surface area contributed by atoms with Crippen LogP contribution in [0.3, 0.4) is 0 Å². The highest BCUT2D eigenvalue weighted by molar-refractivity contribution is 6.93. The van der Waals surface area contributed by atoms with E-state index in [2.05, 4.69) is 4.65 Å². The Morgan fingerprint density at radius 2 is 1.00 bits per heavy atom. The van der Waals surface area contributed by atoms with E-state index in [1.165, 1.54) is 33.9 Å². The van der Waals surface area contributed by atoms with Gasteiger partial charge in [-0.25, -0.2) is 0 Å². The summed E-state index contributed by atoms with van der Waals surface area (Å²) >= 11 is 0. The van der Waals surface area contributed by atoms with Crippen molar-refractivity contribution in [3.05, 3.63) is 0 Å². The number of hydrogen-bond acceptors (Lipinski definition) is 2. The zero-order chi connectivity index (χ0) is 18.4. The van der Waals surface area contributed by atoms with Crippen molar-refractivity contribution < 1.29 is 16.4 Å². The molecule has 134 valence electrons. The maximum atomic E-state index is 14.9. The van der Waals surface area contributed by atoms with Gasteiger partial charge in [-0.05, 0) is 23.2 Å². The number of hydrogen-bond donors (Lipinski definition) is 1. The third-order valence-corrected chi connectivity index (χ3v) is 15.7. The molecular weight excluding hydrogens is 339 g/mol. The SMILES string of the molecule is CC(C)(C)[Si](F)(F)N[Si](O[Si](C)(C)F)(C(C)(C)C)C(C)(C)C. The lowest BCUT2D eigenvalue weighted by molar-refractivity contribution is 0.361. The summed E-state index contributed by atoms with van der Waals surface area (Å²) in [4.78, 5) is 0. The molecule has 0 rings (SSSR count). The second-order valence-corrected chi connectivity index (χ2v) is 21.2. The zero-order valence-corrected chi connectivity index (χ0v) is 19.0. The lowest BCUT2D eigenvalue weighted by Gasteiger charge is -2.54. The summed E-state index contributed by atoms with van der Waals surface area (Å²) in [5, 5.41) is -2.28. The van der Waals surface area contributed by atoms with Gasteiger partial charge in [-0.1, -0.05) is 62.3 Å². The van der Waals surface area contributed by atoms with Gasteiger partial charge in [-0.2, -0.15) is 0 Å². The van der Waals surface area contributed by atoms with Crippen LogP contribution in [-0.4, -0.2) is 26.0 Å². The van der Waals surface area contributed by atoms with Crippen LogP contribution in [0.2, 0.25) is 28.2 Å². The maximum Gasteiger partial charge on any atom is 0.505 e. The highest BCUT2D eigenvalue weighted by Gasteiger charge is 2.65. The van der Waals surface area contributed by atoms with Gasteiger partial charge in [0, 0.05) is 5.04 Å². The topological polar surface area (TPSA) is 21.3 Å². The molecule has 0 aliphatic rings. The molecule has 0 unspecified atom stereocenters. The molecular formula is C14H34F3NOSi3. The highest BCUT2D eigenvalue weighted by atomic mass is 28.5. The normalized spacial score (nSPS) is 16.1. The van der Waals surface area contributed by atoms with Gasteiger partial charge in [0.2, 0.25) is 0 Å². The Hall–Kier alpha value is 0.361. The summed E-state index contributed by atoms with van der Waals surface area (Å²) in [5.41, 5.74) is 0. The first-order valence-electron chi connectivity index (χ1n) is 7.73. The number of halogens is 3. The van der Waals surface area contributed by atoms with Gasteiger partial charge in [0.15, 0.2) is 0 Å². The first kappa shape index (κ1) is 22.4. The molecule has 0 heterocycles. The molecule has 0 aromatic rings. The van der Waals surface area contributed by atoms with Gasteiger partial charge in [0.1, 0.15) is 0 Å². The third kappa shape index (κ3) is 4.93. The monoisotopic (exact) mass is 373 g/mol. The Balaban J connectivity index is 6.22. The summed E-state index contributed by atoms with van der Waals surface area (Å²) in [6.07, 6.45) is 0. The summed E-state index contributed by atoms with van der Waals surface area (Å²) in [6.45, 7) is 18.7. The molecule has 0 saturated heterocycles. The van der Waals surface area contributed by atoms with Crippen LogP contribution in [0.5, 0.6) is 0 Å². The fourth-order valence-electron chi connectivity index (χ4n) is 2.60. The van der Waals surface area contributed by atoms with Crippen molar-refractivity contribution >= 4 is 26.0 Å². The van der Waals surface area contributed by atoms with Gasteiger partial charge < -0.3 is 4.12 Å². The summed E-state index contributed by atoms with van der Waals surface area (Å²) in [7, 11) is -11.6. The molecule has 0 atom stereocenters. The highest BCUT2D eigenvalue weighted by Crippen LogP contribution is 2.53. The van der Waals surface area contributed by atoms with Crippen LogP contribution < -0.4 is 4.65 Å². The van der Waals surface area contributed by atoms with Gasteiger partial charge in [-0.3, -0.25) is 17.0 Å². The first-order valence-corrected chi connectivity index (χ1v) is 14.2. The quantitative estimate of drug-likeness (QED) is 0.483. The fraction of sp³-hybridized carbons (Fsp3) is 1.00. The minimum absolute atomic E-state index is 0.566. The predicted molar refractivity (Wildman–Crippen MR) is 95.7 cm³/mol. The van der Waals surface area contributed by atoms with E-state index in [-0.39, 0.29) is 0 Å². The van der Waals surface area contributed by atoms with Crippen molar-refractivity contribution in [2.24, 2.45) is 0 Å². The van der Waals surface area contributed by atoms with E-state index in [9.17, 15) is 12.3 Å². The molecule has 0 radical (unpaired) electrons. The molecule has 0 aromatic heterocycles. The van der Waals surface area contributed by atoms with Crippen molar-refractivity contribution in [1.82, 2.24) is 4.65 Å². The van der Waals surface area contributed by atoms with Crippen LogP contribution in [0.25, 0.3) is 0 Å². The Morgan fingerprint density at radius 3 is 1.18 bits per heavy atom. The van der Waals surface area contributed by atoms with E-state index in [1.54, 1.807) is 0 Å². The Bertz CT molecular complexity index is 376. The second kappa shape index (κ2) is 6.02. The van der Waals surface area contributed by atoms with E-state index in [1.807, 2.05) is 41.5 Å². The van der Waals surface area contributed by atoms with Crippen molar-refractivity contribution in [1.29, 1.82) is 0 Å². The van der Waals surface area contributed by atoms with E-state index < -0.39 is 41.1 Å².